The zero-order valence-corrected chi connectivity index (χ0v) is 18.8. The van der Waals surface area contributed by atoms with Crippen molar-refractivity contribution in [1.29, 1.82) is 0 Å². The minimum Gasteiger partial charge on any atom is -0.469 e. The summed E-state index contributed by atoms with van der Waals surface area (Å²) in [7, 11) is 2.81. The van der Waals surface area contributed by atoms with Crippen LogP contribution in [0.15, 0.2) is 0 Å². The van der Waals surface area contributed by atoms with Gasteiger partial charge in [-0.05, 0) is 77.6 Å². The van der Waals surface area contributed by atoms with Crippen LogP contribution in [-0.2, 0) is 23.8 Å². The molecule has 1 saturated heterocycles. The van der Waals surface area contributed by atoms with Crippen LogP contribution in [0.3, 0.4) is 0 Å². The van der Waals surface area contributed by atoms with Crippen LogP contribution in [-0.4, -0.2) is 48.6 Å². The third-order valence-electron chi connectivity index (χ3n) is 7.87. The Hall–Kier alpha value is -1.14. The molecule has 0 bridgehead atoms. The molecular formula is C22H38O6. The van der Waals surface area contributed by atoms with Crippen molar-refractivity contribution in [2.45, 2.75) is 91.0 Å². The molecule has 0 radical (unpaired) electrons. The largest absolute Gasteiger partial charge is 0.469 e. The minimum absolute atomic E-state index is 0.0517. The minimum atomic E-state index is -0.732. The first-order valence-corrected chi connectivity index (χ1v) is 10.3. The van der Waals surface area contributed by atoms with Crippen LogP contribution in [0.5, 0.6) is 0 Å². The van der Waals surface area contributed by atoms with E-state index in [4.69, 9.17) is 14.2 Å². The van der Waals surface area contributed by atoms with Gasteiger partial charge in [-0.2, -0.15) is 0 Å². The summed E-state index contributed by atoms with van der Waals surface area (Å²) in [5.74, 6) is -0.526. The highest BCUT2D eigenvalue weighted by atomic mass is 16.5. The van der Waals surface area contributed by atoms with E-state index in [1.807, 2.05) is 20.8 Å². The highest BCUT2D eigenvalue weighted by Gasteiger charge is 2.63. The number of aliphatic hydroxyl groups excluding tert-OH is 1. The lowest BCUT2D eigenvalue weighted by atomic mass is 9.47. The van der Waals surface area contributed by atoms with Gasteiger partial charge in [0, 0.05) is 0 Å². The van der Waals surface area contributed by atoms with Gasteiger partial charge in [-0.3, -0.25) is 9.59 Å². The van der Waals surface area contributed by atoms with Crippen LogP contribution in [0, 0.1) is 22.7 Å². The van der Waals surface area contributed by atoms with E-state index in [9.17, 15) is 14.7 Å². The molecule has 6 heteroatoms. The number of hydrogen-bond donors (Lipinski definition) is 1. The van der Waals surface area contributed by atoms with E-state index in [1.165, 1.54) is 14.2 Å². The Kier molecular flexibility index (Phi) is 6.28. The van der Waals surface area contributed by atoms with Crippen LogP contribution >= 0.6 is 0 Å². The monoisotopic (exact) mass is 398 g/mol. The van der Waals surface area contributed by atoms with E-state index >= 15 is 0 Å². The Bertz CT molecular complexity index is 614. The highest BCUT2D eigenvalue weighted by molar-refractivity contribution is 5.77. The first kappa shape index (κ1) is 23.1. The number of rotatable bonds is 5. The lowest BCUT2D eigenvalue weighted by molar-refractivity contribution is -0.279. The molecule has 0 aromatic rings. The second kappa shape index (κ2) is 7.60. The lowest BCUT2D eigenvalue weighted by Crippen LogP contribution is -2.64. The lowest BCUT2D eigenvalue weighted by Gasteiger charge is -2.63. The van der Waals surface area contributed by atoms with E-state index in [0.717, 1.165) is 19.3 Å². The maximum Gasteiger partial charge on any atom is 0.311 e. The van der Waals surface area contributed by atoms with E-state index < -0.39 is 28.1 Å². The van der Waals surface area contributed by atoms with Crippen LogP contribution in [0.1, 0.15) is 73.6 Å². The van der Waals surface area contributed by atoms with Crippen molar-refractivity contribution in [2.75, 3.05) is 14.2 Å². The average Bonchev–Trinajstić information content (AvgIpc) is 2.59. The Morgan fingerprint density at radius 1 is 1.14 bits per heavy atom. The van der Waals surface area contributed by atoms with E-state index in [0.29, 0.717) is 6.42 Å². The van der Waals surface area contributed by atoms with Crippen LogP contribution in [0.4, 0.5) is 0 Å². The first-order valence-electron chi connectivity index (χ1n) is 10.3. The van der Waals surface area contributed by atoms with Crippen molar-refractivity contribution in [3.05, 3.63) is 0 Å². The number of hydrogen-bond acceptors (Lipinski definition) is 6. The molecule has 0 unspecified atom stereocenters. The molecule has 0 spiro atoms. The summed E-state index contributed by atoms with van der Waals surface area (Å²) in [5, 5.41) is 10.3. The fourth-order valence-electron chi connectivity index (χ4n) is 6.16. The molecule has 0 amide bonds. The van der Waals surface area contributed by atoms with E-state index in [1.54, 1.807) is 6.92 Å². The zero-order valence-electron chi connectivity index (χ0n) is 18.8. The predicted molar refractivity (Wildman–Crippen MR) is 106 cm³/mol. The quantitative estimate of drug-likeness (QED) is 0.714. The summed E-state index contributed by atoms with van der Waals surface area (Å²) < 4.78 is 16.7. The second-order valence-corrected chi connectivity index (χ2v) is 10.1. The van der Waals surface area contributed by atoms with Gasteiger partial charge in [-0.15, -0.1) is 0 Å². The van der Waals surface area contributed by atoms with E-state index in [-0.39, 0.29) is 30.2 Å². The second-order valence-electron chi connectivity index (χ2n) is 10.1. The fraction of sp³-hybridized carbons (Fsp3) is 0.909. The molecule has 1 aliphatic heterocycles. The topological polar surface area (TPSA) is 82.1 Å². The summed E-state index contributed by atoms with van der Waals surface area (Å²) >= 11 is 0. The van der Waals surface area contributed by atoms with Gasteiger partial charge in [-0.1, -0.05) is 6.92 Å². The van der Waals surface area contributed by atoms with Crippen molar-refractivity contribution in [1.82, 2.24) is 0 Å². The van der Waals surface area contributed by atoms with Crippen LogP contribution in [0.2, 0.25) is 0 Å². The number of methoxy groups -OCH3 is 2. The van der Waals surface area contributed by atoms with Gasteiger partial charge in [0.2, 0.25) is 0 Å². The number of esters is 2. The van der Waals surface area contributed by atoms with Crippen molar-refractivity contribution in [3.8, 4) is 0 Å². The highest BCUT2D eigenvalue weighted by Crippen LogP contribution is 2.62. The molecule has 0 aromatic carbocycles. The van der Waals surface area contributed by atoms with Gasteiger partial charge >= 0.3 is 11.9 Å². The maximum atomic E-state index is 12.6. The molecule has 1 heterocycles. The number of ether oxygens (including phenoxy) is 3. The van der Waals surface area contributed by atoms with Crippen molar-refractivity contribution < 1.29 is 28.9 Å². The van der Waals surface area contributed by atoms with Crippen LogP contribution in [0.25, 0.3) is 0 Å². The molecule has 0 aromatic heterocycles. The third-order valence-corrected chi connectivity index (χ3v) is 7.87. The number of fused-ring (bicyclic) bond motifs is 1. The van der Waals surface area contributed by atoms with Crippen molar-refractivity contribution in [3.63, 3.8) is 0 Å². The summed E-state index contributed by atoms with van der Waals surface area (Å²) in [6.45, 7) is 11.7. The predicted octanol–water partition coefficient (Wildman–Crippen LogP) is 3.49. The van der Waals surface area contributed by atoms with Gasteiger partial charge in [0.1, 0.15) is 0 Å². The molecular weight excluding hydrogens is 360 g/mol. The van der Waals surface area contributed by atoms with Gasteiger partial charge in [-0.25, -0.2) is 0 Å². The Labute approximate surface area is 169 Å². The van der Waals surface area contributed by atoms with Gasteiger partial charge < -0.3 is 19.3 Å². The Balaban J connectivity index is 2.49. The summed E-state index contributed by atoms with van der Waals surface area (Å²) in [5.41, 5.74) is -2.31. The summed E-state index contributed by atoms with van der Waals surface area (Å²) in [6.07, 6.45) is 2.66. The fourth-order valence-corrected chi connectivity index (χ4v) is 6.16. The molecule has 1 saturated carbocycles. The van der Waals surface area contributed by atoms with Crippen molar-refractivity contribution >= 4 is 11.9 Å². The van der Waals surface area contributed by atoms with Gasteiger partial charge in [0.25, 0.3) is 0 Å². The smallest absolute Gasteiger partial charge is 0.311 e. The molecule has 1 aliphatic carbocycles. The molecule has 28 heavy (non-hydrogen) atoms. The average molecular weight is 399 g/mol. The molecule has 2 fully saturated rings. The third kappa shape index (κ3) is 3.70. The van der Waals surface area contributed by atoms with Gasteiger partial charge in [0.05, 0.1) is 43.4 Å². The molecule has 1 N–H and O–H groups in total. The maximum absolute atomic E-state index is 12.6. The van der Waals surface area contributed by atoms with Crippen molar-refractivity contribution in [2.24, 2.45) is 22.7 Å². The first-order chi connectivity index (χ1) is 12.8. The molecule has 2 aliphatic rings. The van der Waals surface area contributed by atoms with E-state index in [2.05, 4.69) is 13.8 Å². The molecule has 6 nitrogen and oxygen atoms in total. The summed E-state index contributed by atoms with van der Waals surface area (Å²) in [4.78, 5) is 25.0. The number of aliphatic hydroxyl groups is 1. The molecule has 6 atom stereocenters. The van der Waals surface area contributed by atoms with Gasteiger partial charge in [0.15, 0.2) is 0 Å². The molecule has 162 valence electrons. The van der Waals surface area contributed by atoms with Crippen LogP contribution < -0.4 is 0 Å². The number of carbonyl (C=O) groups excluding carboxylic acids is 2. The SMILES string of the molecule is COC(=O)C[C@]1(C)[C@@H](C(C)(C)C(=O)OC)CC[C@]2(C)O[C@@](C)([C@H](C)O)CC[C@@H]12. The summed E-state index contributed by atoms with van der Waals surface area (Å²) in [6, 6.07) is 0. The Morgan fingerprint density at radius 2 is 1.75 bits per heavy atom. The molecule has 2 rings (SSSR count). The standard InChI is InChI=1S/C22H38O6/c1-14(23)21(5)11-10-16-20(4,13-17(24)26-7)15(9-12-22(16,6)28-21)19(2,3)18(25)27-8/h14-16,23H,9-13H2,1-8H3/t14-,15+,16-,20+,21+,22-/m0/s1. The number of carbonyl (C=O) groups is 2. The Morgan fingerprint density at radius 3 is 2.25 bits per heavy atom. The normalized spacial score (nSPS) is 39.6. The zero-order chi connectivity index (χ0) is 21.5.